The van der Waals surface area contributed by atoms with Gasteiger partial charge < -0.3 is 5.73 Å². The van der Waals surface area contributed by atoms with E-state index in [1.807, 2.05) is 10.9 Å². The van der Waals surface area contributed by atoms with E-state index in [0.717, 1.165) is 18.9 Å². The second-order valence-corrected chi connectivity index (χ2v) is 4.82. The van der Waals surface area contributed by atoms with Crippen molar-refractivity contribution in [2.45, 2.75) is 51.6 Å². The Morgan fingerprint density at radius 2 is 2.33 bits per heavy atom. The summed E-state index contributed by atoms with van der Waals surface area (Å²) in [5.74, 6) is 1.33. The van der Waals surface area contributed by atoms with Crippen LogP contribution in [0, 0.1) is 5.92 Å². The smallest absolute Gasteiger partial charge is 0.0525 e. The van der Waals surface area contributed by atoms with Gasteiger partial charge in [-0.1, -0.05) is 6.92 Å². The molecule has 1 saturated carbocycles. The molecule has 1 aliphatic carbocycles. The monoisotopic (exact) mass is 207 g/mol. The first kappa shape index (κ1) is 10.7. The number of nitrogens with zero attached hydrogens (tertiary/aromatic N) is 2. The van der Waals surface area contributed by atoms with Crippen molar-refractivity contribution >= 4 is 0 Å². The Hall–Kier alpha value is -0.830. The SMILES string of the molecule is CCn1cc(C2CC(C)CCC2N)cn1. The van der Waals surface area contributed by atoms with Gasteiger partial charge in [-0.15, -0.1) is 0 Å². The minimum absolute atomic E-state index is 0.329. The summed E-state index contributed by atoms with van der Waals surface area (Å²) >= 11 is 0. The zero-order valence-electron chi connectivity index (χ0n) is 9.69. The summed E-state index contributed by atoms with van der Waals surface area (Å²) in [6.07, 6.45) is 7.80. The fraction of sp³-hybridized carbons (Fsp3) is 0.750. The van der Waals surface area contributed by atoms with Gasteiger partial charge in [0.25, 0.3) is 0 Å². The van der Waals surface area contributed by atoms with Crippen molar-refractivity contribution in [2.75, 3.05) is 0 Å². The van der Waals surface area contributed by atoms with E-state index >= 15 is 0 Å². The van der Waals surface area contributed by atoms with E-state index in [-0.39, 0.29) is 0 Å². The zero-order chi connectivity index (χ0) is 10.8. The highest BCUT2D eigenvalue weighted by atomic mass is 15.3. The van der Waals surface area contributed by atoms with Crippen molar-refractivity contribution in [3.05, 3.63) is 18.0 Å². The van der Waals surface area contributed by atoms with Gasteiger partial charge in [0.2, 0.25) is 0 Å². The van der Waals surface area contributed by atoms with Crippen molar-refractivity contribution in [3.8, 4) is 0 Å². The molecule has 15 heavy (non-hydrogen) atoms. The minimum Gasteiger partial charge on any atom is -0.327 e. The molecule has 1 fully saturated rings. The molecule has 0 radical (unpaired) electrons. The molecule has 1 aliphatic rings. The van der Waals surface area contributed by atoms with E-state index in [4.69, 9.17) is 5.73 Å². The van der Waals surface area contributed by atoms with E-state index in [2.05, 4.69) is 25.1 Å². The number of hydrogen-bond acceptors (Lipinski definition) is 2. The highest BCUT2D eigenvalue weighted by Crippen LogP contribution is 2.34. The third kappa shape index (κ3) is 2.23. The lowest BCUT2D eigenvalue weighted by atomic mass is 9.77. The topological polar surface area (TPSA) is 43.8 Å². The molecule has 0 spiro atoms. The van der Waals surface area contributed by atoms with E-state index in [0.29, 0.717) is 12.0 Å². The predicted octanol–water partition coefficient (Wildman–Crippen LogP) is 2.13. The van der Waals surface area contributed by atoms with Gasteiger partial charge >= 0.3 is 0 Å². The average Bonchev–Trinajstić information content (AvgIpc) is 2.70. The van der Waals surface area contributed by atoms with Crippen LogP contribution in [0.5, 0.6) is 0 Å². The quantitative estimate of drug-likeness (QED) is 0.807. The minimum atomic E-state index is 0.329. The van der Waals surface area contributed by atoms with Crippen molar-refractivity contribution < 1.29 is 0 Å². The normalized spacial score (nSPS) is 31.8. The number of rotatable bonds is 2. The van der Waals surface area contributed by atoms with Crippen LogP contribution in [0.15, 0.2) is 12.4 Å². The van der Waals surface area contributed by atoms with E-state index in [1.165, 1.54) is 18.4 Å². The van der Waals surface area contributed by atoms with Gasteiger partial charge in [-0.25, -0.2) is 0 Å². The Balaban J connectivity index is 2.13. The molecule has 3 nitrogen and oxygen atoms in total. The lowest BCUT2D eigenvalue weighted by Gasteiger charge is -2.31. The summed E-state index contributed by atoms with van der Waals surface area (Å²) in [6.45, 7) is 5.38. The van der Waals surface area contributed by atoms with Crippen molar-refractivity contribution in [1.82, 2.24) is 9.78 Å². The van der Waals surface area contributed by atoms with Gasteiger partial charge in [0.05, 0.1) is 6.20 Å². The Kier molecular flexibility index (Phi) is 3.10. The van der Waals surface area contributed by atoms with Crippen LogP contribution in [0.25, 0.3) is 0 Å². The van der Waals surface area contributed by atoms with Crippen molar-refractivity contribution in [2.24, 2.45) is 11.7 Å². The second-order valence-electron chi connectivity index (χ2n) is 4.82. The van der Waals surface area contributed by atoms with Crippen LogP contribution in [-0.2, 0) is 6.54 Å². The summed E-state index contributed by atoms with van der Waals surface area (Å²) in [5, 5.41) is 4.33. The number of nitrogens with two attached hydrogens (primary N) is 1. The first-order valence-corrected chi connectivity index (χ1v) is 5.98. The lowest BCUT2D eigenvalue weighted by Crippen LogP contribution is -2.33. The molecule has 3 unspecified atom stereocenters. The van der Waals surface area contributed by atoms with Crippen LogP contribution < -0.4 is 5.73 Å². The van der Waals surface area contributed by atoms with Gasteiger partial charge in [-0.05, 0) is 37.7 Å². The van der Waals surface area contributed by atoms with Crippen LogP contribution in [0.1, 0.15) is 44.6 Å². The molecule has 0 amide bonds. The standard InChI is InChI=1S/C12H21N3/c1-3-15-8-10(7-14-15)11-6-9(2)4-5-12(11)13/h7-9,11-12H,3-6,13H2,1-2H3. The van der Waals surface area contributed by atoms with Gasteiger partial charge in [-0.3, -0.25) is 4.68 Å². The maximum Gasteiger partial charge on any atom is 0.0525 e. The summed E-state index contributed by atoms with van der Waals surface area (Å²) in [5.41, 5.74) is 7.52. The summed E-state index contributed by atoms with van der Waals surface area (Å²) < 4.78 is 1.99. The molecular weight excluding hydrogens is 186 g/mol. The molecule has 2 N–H and O–H groups in total. The van der Waals surface area contributed by atoms with Crippen LogP contribution in [0.4, 0.5) is 0 Å². The summed E-state index contributed by atoms with van der Waals surface area (Å²) in [6, 6.07) is 0.329. The van der Waals surface area contributed by atoms with E-state index < -0.39 is 0 Å². The van der Waals surface area contributed by atoms with Gasteiger partial charge in [0.15, 0.2) is 0 Å². The highest BCUT2D eigenvalue weighted by Gasteiger charge is 2.27. The fourth-order valence-electron chi connectivity index (χ4n) is 2.53. The molecule has 0 saturated heterocycles. The van der Waals surface area contributed by atoms with Gasteiger partial charge in [0, 0.05) is 24.7 Å². The molecule has 1 heterocycles. The summed E-state index contributed by atoms with van der Waals surface area (Å²) in [7, 11) is 0. The van der Waals surface area contributed by atoms with Crippen LogP contribution in [0.3, 0.4) is 0 Å². The highest BCUT2D eigenvalue weighted by molar-refractivity contribution is 5.15. The Morgan fingerprint density at radius 1 is 1.53 bits per heavy atom. The fourth-order valence-corrected chi connectivity index (χ4v) is 2.53. The largest absolute Gasteiger partial charge is 0.327 e. The molecule has 1 aromatic rings. The third-order valence-corrected chi connectivity index (χ3v) is 3.57. The molecule has 1 aromatic heterocycles. The van der Waals surface area contributed by atoms with Crippen molar-refractivity contribution in [1.29, 1.82) is 0 Å². The van der Waals surface area contributed by atoms with Crippen LogP contribution in [0.2, 0.25) is 0 Å². The van der Waals surface area contributed by atoms with Gasteiger partial charge in [-0.2, -0.15) is 5.10 Å². The summed E-state index contributed by atoms with van der Waals surface area (Å²) in [4.78, 5) is 0. The Labute approximate surface area is 91.7 Å². The average molecular weight is 207 g/mol. The van der Waals surface area contributed by atoms with Gasteiger partial charge in [0.1, 0.15) is 0 Å². The first-order valence-electron chi connectivity index (χ1n) is 5.98. The number of aryl methyl sites for hydroxylation is 1. The molecule has 0 aliphatic heterocycles. The van der Waals surface area contributed by atoms with Crippen LogP contribution >= 0.6 is 0 Å². The lowest BCUT2D eigenvalue weighted by molar-refractivity contribution is 0.306. The number of hydrogen-bond donors (Lipinski definition) is 1. The molecule has 84 valence electrons. The van der Waals surface area contributed by atoms with E-state index in [1.54, 1.807) is 0 Å². The second kappa shape index (κ2) is 4.35. The molecule has 2 rings (SSSR count). The molecule has 3 atom stereocenters. The Bertz CT molecular complexity index is 318. The number of aromatic nitrogens is 2. The maximum atomic E-state index is 6.19. The first-order chi connectivity index (χ1) is 7.20. The molecule has 0 aromatic carbocycles. The third-order valence-electron chi connectivity index (χ3n) is 3.57. The maximum absolute atomic E-state index is 6.19. The Morgan fingerprint density at radius 3 is 3.00 bits per heavy atom. The predicted molar refractivity (Wildman–Crippen MR) is 61.6 cm³/mol. The van der Waals surface area contributed by atoms with Crippen molar-refractivity contribution in [3.63, 3.8) is 0 Å². The van der Waals surface area contributed by atoms with Crippen LogP contribution in [-0.4, -0.2) is 15.8 Å². The molecule has 0 bridgehead atoms. The van der Waals surface area contributed by atoms with E-state index in [9.17, 15) is 0 Å². The molecule has 3 heteroatoms. The zero-order valence-corrected chi connectivity index (χ0v) is 9.69. The molecular formula is C12H21N3.